The molecule has 1 unspecified atom stereocenters. The Bertz CT molecular complexity index is 1230. The Balaban J connectivity index is 1.65. The highest BCUT2D eigenvalue weighted by atomic mass is 35.5. The SMILES string of the molecule is Cc1ccc(N2C(=O)CSC23C(=O)N(Cc2cccc(F)c2)c2ccccc23)cc1Cl. The van der Waals surface area contributed by atoms with Crippen LogP contribution in [0.5, 0.6) is 0 Å². The largest absolute Gasteiger partial charge is 0.304 e. The molecule has 3 aromatic rings. The van der Waals surface area contributed by atoms with Gasteiger partial charge in [-0.05, 0) is 48.4 Å². The summed E-state index contributed by atoms with van der Waals surface area (Å²) in [6, 6.07) is 19.1. The first-order valence-corrected chi connectivity index (χ1v) is 11.2. The second-order valence-electron chi connectivity index (χ2n) is 7.63. The van der Waals surface area contributed by atoms with Crippen LogP contribution in [0.2, 0.25) is 5.02 Å². The lowest BCUT2D eigenvalue weighted by Gasteiger charge is -2.33. The Morgan fingerprint density at radius 1 is 1.06 bits per heavy atom. The molecule has 0 saturated carbocycles. The predicted molar refractivity (Wildman–Crippen MR) is 122 cm³/mol. The van der Waals surface area contributed by atoms with Gasteiger partial charge in [-0.3, -0.25) is 14.5 Å². The third-order valence-electron chi connectivity index (χ3n) is 5.71. The number of fused-ring (bicyclic) bond motifs is 2. The lowest BCUT2D eigenvalue weighted by molar-refractivity contribution is -0.123. The van der Waals surface area contributed by atoms with Crippen molar-refractivity contribution in [3.8, 4) is 0 Å². The summed E-state index contributed by atoms with van der Waals surface area (Å²) in [6.45, 7) is 2.10. The summed E-state index contributed by atoms with van der Waals surface area (Å²) in [5.41, 5.74) is 3.64. The standard InChI is InChI=1S/C24H18ClFN2O2S/c1-15-9-10-18(12-20(15)25)28-22(29)14-31-24(28)19-7-2-3-8-21(19)27(23(24)30)13-16-5-4-6-17(26)11-16/h2-12H,13-14H2,1H3. The van der Waals surface area contributed by atoms with Crippen LogP contribution in [0.15, 0.2) is 66.7 Å². The number of carbonyl (C=O) groups is 2. The van der Waals surface area contributed by atoms with Crippen molar-refractivity contribution in [3.63, 3.8) is 0 Å². The number of hydrogen-bond donors (Lipinski definition) is 0. The van der Waals surface area contributed by atoms with E-state index < -0.39 is 4.87 Å². The molecule has 156 valence electrons. The van der Waals surface area contributed by atoms with Gasteiger partial charge in [-0.25, -0.2) is 4.39 Å². The van der Waals surface area contributed by atoms with Gasteiger partial charge in [0, 0.05) is 16.3 Å². The molecule has 1 saturated heterocycles. The van der Waals surface area contributed by atoms with Crippen LogP contribution in [0, 0.1) is 12.7 Å². The monoisotopic (exact) mass is 452 g/mol. The fourth-order valence-electron chi connectivity index (χ4n) is 4.25. The molecule has 2 aliphatic rings. The number of anilines is 2. The summed E-state index contributed by atoms with van der Waals surface area (Å²) in [6.07, 6.45) is 0. The number of rotatable bonds is 3. The summed E-state index contributed by atoms with van der Waals surface area (Å²) >= 11 is 7.66. The Morgan fingerprint density at radius 2 is 1.87 bits per heavy atom. The van der Waals surface area contributed by atoms with E-state index in [-0.39, 0.29) is 29.9 Å². The maximum atomic E-state index is 13.9. The third-order valence-corrected chi connectivity index (χ3v) is 7.50. The zero-order valence-corrected chi connectivity index (χ0v) is 18.2. The molecule has 5 rings (SSSR count). The minimum absolute atomic E-state index is 0.152. The van der Waals surface area contributed by atoms with E-state index in [1.807, 2.05) is 43.3 Å². The number of benzene rings is 3. The molecule has 2 aliphatic heterocycles. The van der Waals surface area contributed by atoms with E-state index in [0.29, 0.717) is 16.3 Å². The fraction of sp³-hybridized carbons (Fsp3) is 0.167. The summed E-state index contributed by atoms with van der Waals surface area (Å²) in [5, 5.41) is 0.535. The lowest BCUT2D eigenvalue weighted by Crippen LogP contribution is -2.49. The van der Waals surface area contributed by atoms with Crippen LogP contribution in [-0.2, 0) is 21.0 Å². The maximum Gasteiger partial charge on any atom is 0.269 e. The van der Waals surface area contributed by atoms with Gasteiger partial charge in [0.15, 0.2) is 0 Å². The molecule has 0 N–H and O–H groups in total. The quantitative estimate of drug-likeness (QED) is 0.543. The molecule has 31 heavy (non-hydrogen) atoms. The predicted octanol–water partition coefficient (Wildman–Crippen LogP) is 5.27. The van der Waals surface area contributed by atoms with Gasteiger partial charge in [0.05, 0.1) is 18.0 Å². The molecule has 0 radical (unpaired) electrons. The first kappa shape index (κ1) is 20.1. The molecule has 7 heteroatoms. The first-order chi connectivity index (χ1) is 14.9. The third kappa shape index (κ3) is 3.05. The Labute approximate surface area is 188 Å². The molecule has 1 spiro atoms. The Morgan fingerprint density at radius 3 is 2.65 bits per heavy atom. The van der Waals surface area contributed by atoms with Crippen molar-refractivity contribution in [2.75, 3.05) is 15.6 Å². The summed E-state index contributed by atoms with van der Waals surface area (Å²) in [4.78, 5) is 29.0. The molecule has 2 heterocycles. The van der Waals surface area contributed by atoms with Crippen LogP contribution < -0.4 is 9.80 Å². The van der Waals surface area contributed by atoms with Crippen molar-refractivity contribution < 1.29 is 14.0 Å². The van der Waals surface area contributed by atoms with E-state index in [0.717, 1.165) is 16.8 Å². The summed E-state index contributed by atoms with van der Waals surface area (Å²) in [5.74, 6) is -0.543. The normalized spacial score (nSPS) is 20.1. The van der Waals surface area contributed by atoms with Crippen LogP contribution in [0.1, 0.15) is 16.7 Å². The number of aryl methyl sites for hydroxylation is 1. The van der Waals surface area contributed by atoms with Gasteiger partial charge in [0.1, 0.15) is 5.82 Å². The van der Waals surface area contributed by atoms with E-state index >= 15 is 0 Å². The molecule has 0 aromatic heterocycles. The number of thioether (sulfide) groups is 1. The minimum atomic E-state index is -1.21. The molecule has 1 atom stereocenters. The highest BCUT2D eigenvalue weighted by molar-refractivity contribution is 8.02. The van der Waals surface area contributed by atoms with Gasteiger partial charge in [-0.1, -0.05) is 48.0 Å². The molecule has 2 amide bonds. The van der Waals surface area contributed by atoms with Gasteiger partial charge in [-0.15, -0.1) is 11.8 Å². The van der Waals surface area contributed by atoms with Gasteiger partial charge in [-0.2, -0.15) is 0 Å². The number of para-hydroxylation sites is 1. The van der Waals surface area contributed by atoms with Crippen LogP contribution in [-0.4, -0.2) is 17.6 Å². The van der Waals surface area contributed by atoms with Crippen molar-refractivity contribution in [2.45, 2.75) is 18.3 Å². The van der Waals surface area contributed by atoms with Crippen molar-refractivity contribution in [3.05, 3.63) is 94.3 Å². The van der Waals surface area contributed by atoms with Crippen molar-refractivity contribution in [1.29, 1.82) is 0 Å². The lowest BCUT2D eigenvalue weighted by atomic mass is 10.0. The molecule has 1 fully saturated rings. The molecule has 3 aromatic carbocycles. The van der Waals surface area contributed by atoms with Crippen molar-refractivity contribution in [2.24, 2.45) is 0 Å². The first-order valence-electron chi connectivity index (χ1n) is 9.81. The van der Waals surface area contributed by atoms with Crippen molar-refractivity contribution >= 4 is 46.6 Å². The zero-order chi connectivity index (χ0) is 21.8. The van der Waals surface area contributed by atoms with Gasteiger partial charge < -0.3 is 4.90 Å². The van der Waals surface area contributed by atoms with E-state index in [9.17, 15) is 14.0 Å². The van der Waals surface area contributed by atoms with Gasteiger partial charge in [0.25, 0.3) is 5.91 Å². The molecular weight excluding hydrogens is 435 g/mol. The average Bonchev–Trinajstić information content (AvgIpc) is 3.22. The maximum absolute atomic E-state index is 13.9. The zero-order valence-electron chi connectivity index (χ0n) is 16.6. The van der Waals surface area contributed by atoms with Gasteiger partial charge >= 0.3 is 0 Å². The van der Waals surface area contributed by atoms with Crippen LogP contribution >= 0.6 is 23.4 Å². The van der Waals surface area contributed by atoms with Gasteiger partial charge in [0.2, 0.25) is 10.8 Å². The summed E-state index contributed by atoms with van der Waals surface area (Å²) < 4.78 is 13.8. The Hall–Kier alpha value is -2.83. The number of amides is 2. The molecular formula is C24H18ClFN2O2S. The second-order valence-corrected chi connectivity index (χ2v) is 9.21. The average molecular weight is 453 g/mol. The second kappa shape index (κ2) is 7.39. The Kier molecular flexibility index (Phi) is 4.79. The highest BCUT2D eigenvalue weighted by Crippen LogP contribution is 2.56. The van der Waals surface area contributed by atoms with E-state index in [1.165, 1.54) is 23.9 Å². The summed E-state index contributed by atoms with van der Waals surface area (Å²) in [7, 11) is 0. The van der Waals surface area contributed by atoms with Crippen LogP contribution in [0.3, 0.4) is 0 Å². The van der Waals surface area contributed by atoms with E-state index in [1.54, 1.807) is 28.0 Å². The molecule has 0 bridgehead atoms. The van der Waals surface area contributed by atoms with E-state index in [2.05, 4.69) is 0 Å². The van der Waals surface area contributed by atoms with Crippen LogP contribution in [0.4, 0.5) is 15.8 Å². The number of nitrogens with zero attached hydrogens (tertiary/aromatic N) is 2. The van der Waals surface area contributed by atoms with Crippen molar-refractivity contribution in [1.82, 2.24) is 0 Å². The molecule has 4 nitrogen and oxygen atoms in total. The number of carbonyl (C=O) groups excluding carboxylic acids is 2. The number of hydrogen-bond acceptors (Lipinski definition) is 3. The smallest absolute Gasteiger partial charge is 0.269 e. The number of halogens is 2. The van der Waals surface area contributed by atoms with Crippen LogP contribution in [0.25, 0.3) is 0 Å². The minimum Gasteiger partial charge on any atom is -0.304 e. The topological polar surface area (TPSA) is 40.6 Å². The highest BCUT2D eigenvalue weighted by Gasteiger charge is 2.60. The molecule has 0 aliphatic carbocycles. The van der Waals surface area contributed by atoms with E-state index in [4.69, 9.17) is 11.6 Å². The fourth-order valence-corrected chi connectivity index (χ4v) is 5.79.